The molecule has 0 amide bonds. The van der Waals surface area contributed by atoms with Crippen LogP contribution in [0.25, 0.3) is 0 Å². The lowest BCUT2D eigenvalue weighted by Gasteiger charge is -2.13. The molecule has 2 rings (SSSR count). The first-order valence-electron chi connectivity index (χ1n) is 7.23. The van der Waals surface area contributed by atoms with Gasteiger partial charge in [0, 0.05) is 27.8 Å². The molecule has 0 saturated heterocycles. The summed E-state index contributed by atoms with van der Waals surface area (Å²) in [6, 6.07) is 8.63. The van der Waals surface area contributed by atoms with Crippen molar-refractivity contribution in [2.24, 2.45) is 0 Å². The van der Waals surface area contributed by atoms with Crippen LogP contribution in [0.1, 0.15) is 35.8 Å². The van der Waals surface area contributed by atoms with Gasteiger partial charge in [-0.05, 0) is 52.0 Å². The zero-order valence-corrected chi connectivity index (χ0v) is 15.2. The number of hydrogen-bond acceptors (Lipinski definition) is 3. The molecule has 0 fully saturated rings. The lowest BCUT2D eigenvalue weighted by molar-refractivity contribution is 0.311. The third kappa shape index (κ3) is 5.13. The van der Waals surface area contributed by atoms with Gasteiger partial charge in [-0.15, -0.1) is 11.3 Å². The average Bonchev–Trinajstić information content (AvgIpc) is 2.85. The van der Waals surface area contributed by atoms with Gasteiger partial charge in [0.25, 0.3) is 0 Å². The van der Waals surface area contributed by atoms with Crippen molar-refractivity contribution in [3.8, 4) is 5.75 Å². The fourth-order valence-electron chi connectivity index (χ4n) is 2.02. The predicted octanol–water partition coefficient (Wildman–Crippen LogP) is 5.11. The van der Waals surface area contributed by atoms with Crippen LogP contribution in [-0.4, -0.2) is 13.2 Å². The van der Waals surface area contributed by atoms with E-state index < -0.39 is 0 Å². The number of thiophene rings is 1. The Morgan fingerprint density at radius 3 is 2.76 bits per heavy atom. The van der Waals surface area contributed by atoms with E-state index in [1.807, 2.05) is 0 Å². The average molecular weight is 368 g/mol. The lowest BCUT2D eigenvalue weighted by Crippen LogP contribution is -2.20. The van der Waals surface area contributed by atoms with E-state index in [0.29, 0.717) is 12.5 Å². The highest BCUT2D eigenvalue weighted by Gasteiger charge is 2.04. The molecule has 1 aromatic heterocycles. The van der Waals surface area contributed by atoms with E-state index in [1.165, 1.54) is 16.0 Å². The fraction of sp³-hybridized carbons (Fsp3) is 0.412. The van der Waals surface area contributed by atoms with Crippen LogP contribution >= 0.6 is 27.3 Å². The molecule has 0 bridgehead atoms. The van der Waals surface area contributed by atoms with Gasteiger partial charge in [0.2, 0.25) is 0 Å². The van der Waals surface area contributed by atoms with Crippen LogP contribution in [0.5, 0.6) is 5.75 Å². The van der Waals surface area contributed by atoms with Gasteiger partial charge in [-0.1, -0.05) is 26.0 Å². The number of aryl methyl sites for hydroxylation is 1. The van der Waals surface area contributed by atoms with E-state index in [2.05, 4.69) is 71.7 Å². The number of hydrogen-bond donors (Lipinski definition) is 1. The molecule has 1 heterocycles. The van der Waals surface area contributed by atoms with Crippen molar-refractivity contribution >= 4 is 27.3 Å². The van der Waals surface area contributed by atoms with Crippen LogP contribution in [0.4, 0.5) is 0 Å². The Labute approximate surface area is 139 Å². The summed E-state index contributed by atoms with van der Waals surface area (Å²) in [5.74, 6) is 1.53. The Morgan fingerprint density at radius 1 is 1.29 bits per heavy atom. The summed E-state index contributed by atoms with van der Waals surface area (Å²) in [5.41, 5.74) is 2.52. The van der Waals surface area contributed by atoms with Crippen LogP contribution in [0.3, 0.4) is 0 Å². The maximum atomic E-state index is 5.90. The summed E-state index contributed by atoms with van der Waals surface area (Å²) in [6.45, 7) is 8.93. The largest absolute Gasteiger partial charge is 0.492 e. The maximum Gasteiger partial charge on any atom is 0.122 e. The molecule has 4 heteroatoms. The van der Waals surface area contributed by atoms with Gasteiger partial charge in [0.05, 0.1) is 0 Å². The van der Waals surface area contributed by atoms with Crippen LogP contribution < -0.4 is 10.1 Å². The van der Waals surface area contributed by atoms with E-state index in [0.717, 1.165) is 23.3 Å². The third-order valence-corrected chi connectivity index (χ3v) is 5.03. The summed E-state index contributed by atoms with van der Waals surface area (Å²) < 4.78 is 7.06. The molecule has 1 aromatic carbocycles. The van der Waals surface area contributed by atoms with Gasteiger partial charge in [0.15, 0.2) is 0 Å². The quantitative estimate of drug-likeness (QED) is 0.686. The summed E-state index contributed by atoms with van der Waals surface area (Å²) in [4.78, 5) is 1.33. The standard InChI is InChI=1S/C17H22BrNOS/c1-12(2)14-5-4-13(3)17(8-14)20-7-6-19-10-16-9-15(18)11-21-16/h4-5,8-9,11-12,19H,6-7,10H2,1-3H3. The van der Waals surface area contributed by atoms with Crippen LogP contribution in [0.15, 0.2) is 34.1 Å². The number of halogens is 1. The second kappa shape index (κ2) is 7.97. The second-order valence-corrected chi connectivity index (χ2v) is 7.35. The topological polar surface area (TPSA) is 21.3 Å². The number of nitrogens with one attached hydrogen (secondary N) is 1. The SMILES string of the molecule is Cc1ccc(C(C)C)cc1OCCNCc1cc(Br)cs1. The summed E-state index contributed by atoms with van der Waals surface area (Å²) in [6.07, 6.45) is 0. The van der Waals surface area contributed by atoms with E-state index in [9.17, 15) is 0 Å². The molecule has 0 aliphatic carbocycles. The highest BCUT2D eigenvalue weighted by Crippen LogP contribution is 2.24. The molecule has 1 N–H and O–H groups in total. The first kappa shape index (κ1) is 16.5. The van der Waals surface area contributed by atoms with Gasteiger partial charge >= 0.3 is 0 Å². The van der Waals surface area contributed by atoms with Gasteiger partial charge in [-0.25, -0.2) is 0 Å². The molecule has 2 aromatic rings. The number of benzene rings is 1. The minimum atomic E-state index is 0.531. The van der Waals surface area contributed by atoms with Crippen LogP contribution in [-0.2, 0) is 6.54 Å². The zero-order chi connectivity index (χ0) is 15.2. The van der Waals surface area contributed by atoms with Gasteiger partial charge in [-0.3, -0.25) is 0 Å². The van der Waals surface area contributed by atoms with E-state index in [1.54, 1.807) is 11.3 Å². The third-order valence-electron chi connectivity index (χ3n) is 3.34. The smallest absolute Gasteiger partial charge is 0.122 e. The maximum absolute atomic E-state index is 5.90. The summed E-state index contributed by atoms with van der Waals surface area (Å²) in [7, 11) is 0. The van der Waals surface area contributed by atoms with Crippen molar-refractivity contribution in [1.82, 2.24) is 5.32 Å². The summed E-state index contributed by atoms with van der Waals surface area (Å²) in [5, 5.41) is 5.51. The minimum Gasteiger partial charge on any atom is -0.492 e. The molecule has 0 radical (unpaired) electrons. The molecular formula is C17H22BrNOS. The highest BCUT2D eigenvalue weighted by molar-refractivity contribution is 9.10. The molecule has 21 heavy (non-hydrogen) atoms. The Hall–Kier alpha value is -0.840. The van der Waals surface area contributed by atoms with E-state index >= 15 is 0 Å². The molecular weight excluding hydrogens is 346 g/mol. The van der Waals surface area contributed by atoms with E-state index in [-0.39, 0.29) is 0 Å². The van der Waals surface area contributed by atoms with Gasteiger partial charge < -0.3 is 10.1 Å². The molecule has 2 nitrogen and oxygen atoms in total. The van der Waals surface area contributed by atoms with Crippen molar-refractivity contribution in [2.45, 2.75) is 33.2 Å². The van der Waals surface area contributed by atoms with Gasteiger partial charge in [0.1, 0.15) is 12.4 Å². The van der Waals surface area contributed by atoms with Crippen LogP contribution in [0, 0.1) is 6.92 Å². The van der Waals surface area contributed by atoms with Crippen LogP contribution in [0.2, 0.25) is 0 Å². The van der Waals surface area contributed by atoms with Crippen molar-refractivity contribution in [2.75, 3.05) is 13.2 Å². The zero-order valence-electron chi connectivity index (χ0n) is 12.8. The molecule has 0 spiro atoms. The van der Waals surface area contributed by atoms with Crippen molar-refractivity contribution < 1.29 is 4.74 Å². The normalized spacial score (nSPS) is 11.1. The van der Waals surface area contributed by atoms with Crippen molar-refractivity contribution in [3.63, 3.8) is 0 Å². The van der Waals surface area contributed by atoms with Crippen molar-refractivity contribution in [3.05, 3.63) is 50.1 Å². The Kier molecular flexibility index (Phi) is 6.27. The molecule has 0 aliphatic rings. The number of rotatable bonds is 7. The Morgan fingerprint density at radius 2 is 2.10 bits per heavy atom. The lowest BCUT2D eigenvalue weighted by atomic mass is 10.0. The fourth-order valence-corrected chi connectivity index (χ4v) is 3.44. The van der Waals surface area contributed by atoms with Crippen molar-refractivity contribution in [1.29, 1.82) is 0 Å². The monoisotopic (exact) mass is 367 g/mol. The molecule has 114 valence electrons. The Bertz CT molecular complexity index is 580. The molecule has 0 saturated carbocycles. The molecule has 0 atom stereocenters. The second-order valence-electron chi connectivity index (χ2n) is 5.44. The molecule has 0 unspecified atom stereocenters. The predicted molar refractivity (Wildman–Crippen MR) is 94.5 cm³/mol. The molecule has 0 aliphatic heterocycles. The first-order chi connectivity index (χ1) is 10.1. The van der Waals surface area contributed by atoms with E-state index in [4.69, 9.17) is 4.74 Å². The number of ether oxygens (including phenoxy) is 1. The first-order valence-corrected chi connectivity index (χ1v) is 8.90. The Balaban J connectivity index is 1.76. The van der Waals surface area contributed by atoms with Gasteiger partial charge in [-0.2, -0.15) is 0 Å². The highest BCUT2D eigenvalue weighted by atomic mass is 79.9. The summed E-state index contributed by atoms with van der Waals surface area (Å²) >= 11 is 5.23. The minimum absolute atomic E-state index is 0.531.